The summed E-state index contributed by atoms with van der Waals surface area (Å²) in [7, 11) is 5.92. The Morgan fingerprint density at radius 3 is 2.95 bits per heavy atom. The summed E-state index contributed by atoms with van der Waals surface area (Å²) in [5.41, 5.74) is 1.28. The molecule has 2 unspecified atom stereocenters. The van der Waals surface area contributed by atoms with Crippen LogP contribution in [0.3, 0.4) is 0 Å². The predicted molar refractivity (Wildman–Crippen MR) is 76.7 cm³/mol. The molecule has 2 atom stereocenters. The molecule has 1 N–H and O–H groups in total. The van der Waals surface area contributed by atoms with E-state index in [9.17, 15) is 0 Å². The Hall–Kier alpha value is -1.07. The van der Waals surface area contributed by atoms with Crippen LogP contribution >= 0.6 is 0 Å². The molecule has 108 valence electrons. The minimum atomic E-state index is 0.542. The number of aromatic nitrogens is 2. The molecule has 1 aromatic heterocycles. The number of likely N-dealkylation sites (N-methyl/N-ethyl adjacent to an activating group) is 1. The number of hydrogen-bond acceptors (Lipinski definition) is 4. The molecule has 1 saturated heterocycles. The molecule has 0 spiro atoms. The summed E-state index contributed by atoms with van der Waals surface area (Å²) in [5.74, 6) is 2.11. The van der Waals surface area contributed by atoms with Gasteiger partial charge < -0.3 is 15.0 Å². The van der Waals surface area contributed by atoms with Crippen molar-refractivity contribution in [3.63, 3.8) is 0 Å². The topological polar surface area (TPSA) is 42.3 Å². The largest absolute Gasteiger partial charge is 0.493 e. The van der Waals surface area contributed by atoms with E-state index in [0.717, 1.165) is 38.3 Å². The monoisotopic (exact) mass is 266 g/mol. The lowest BCUT2D eigenvalue weighted by Crippen LogP contribution is -2.35. The van der Waals surface area contributed by atoms with Gasteiger partial charge in [-0.3, -0.25) is 4.68 Å². The average molecular weight is 266 g/mol. The minimum Gasteiger partial charge on any atom is -0.493 e. The molecular formula is C14H26N4O. The van der Waals surface area contributed by atoms with Crippen LogP contribution in [0.1, 0.15) is 25.0 Å². The first-order valence-electron chi connectivity index (χ1n) is 7.08. The number of nitrogens with one attached hydrogen (secondary N) is 1. The van der Waals surface area contributed by atoms with E-state index < -0.39 is 0 Å². The summed E-state index contributed by atoms with van der Waals surface area (Å²) in [6.07, 6.45) is 3.02. The molecule has 1 aliphatic rings. The van der Waals surface area contributed by atoms with E-state index in [1.165, 1.54) is 5.69 Å². The van der Waals surface area contributed by atoms with Crippen LogP contribution in [-0.4, -0.2) is 55.5 Å². The van der Waals surface area contributed by atoms with Crippen LogP contribution in [-0.2, 0) is 6.54 Å². The molecular weight excluding hydrogens is 240 g/mol. The quantitative estimate of drug-likeness (QED) is 0.868. The molecule has 0 saturated carbocycles. The van der Waals surface area contributed by atoms with Gasteiger partial charge in [-0.15, -0.1) is 0 Å². The van der Waals surface area contributed by atoms with Gasteiger partial charge in [0.2, 0.25) is 0 Å². The number of piperidine rings is 1. The van der Waals surface area contributed by atoms with E-state index in [0.29, 0.717) is 11.8 Å². The number of nitrogens with zero attached hydrogens (tertiary/aromatic N) is 3. The molecule has 1 fully saturated rings. The molecule has 0 aromatic carbocycles. The molecule has 5 heteroatoms. The van der Waals surface area contributed by atoms with E-state index in [4.69, 9.17) is 4.74 Å². The summed E-state index contributed by atoms with van der Waals surface area (Å²) in [6.45, 7) is 6.38. The fourth-order valence-corrected chi connectivity index (χ4v) is 2.80. The van der Waals surface area contributed by atoms with Gasteiger partial charge >= 0.3 is 0 Å². The normalized spacial score (nSPS) is 23.8. The Morgan fingerprint density at radius 2 is 2.32 bits per heavy atom. The zero-order valence-electron chi connectivity index (χ0n) is 12.5. The highest BCUT2D eigenvalue weighted by molar-refractivity contribution is 5.29. The van der Waals surface area contributed by atoms with Crippen molar-refractivity contribution in [2.24, 2.45) is 5.92 Å². The maximum atomic E-state index is 5.52. The van der Waals surface area contributed by atoms with Crippen LogP contribution in [0.4, 0.5) is 0 Å². The van der Waals surface area contributed by atoms with Gasteiger partial charge in [0.25, 0.3) is 0 Å². The molecule has 0 bridgehead atoms. The Morgan fingerprint density at radius 1 is 1.53 bits per heavy atom. The first-order valence-corrected chi connectivity index (χ1v) is 7.08. The zero-order chi connectivity index (χ0) is 13.8. The Bertz CT molecular complexity index is 402. The van der Waals surface area contributed by atoms with Crippen molar-refractivity contribution >= 4 is 0 Å². The van der Waals surface area contributed by atoms with Crippen LogP contribution in [0.25, 0.3) is 0 Å². The Kier molecular flexibility index (Phi) is 4.82. The van der Waals surface area contributed by atoms with E-state index >= 15 is 0 Å². The first-order chi connectivity index (χ1) is 9.13. The highest BCUT2D eigenvalue weighted by atomic mass is 16.5. The van der Waals surface area contributed by atoms with Gasteiger partial charge in [-0.2, -0.15) is 5.10 Å². The molecule has 1 aliphatic heterocycles. The third-order valence-corrected chi connectivity index (χ3v) is 3.96. The maximum Gasteiger partial charge on any atom is 0.160 e. The van der Waals surface area contributed by atoms with Crippen molar-refractivity contribution in [3.05, 3.63) is 11.9 Å². The third-order valence-electron chi connectivity index (χ3n) is 3.96. The van der Waals surface area contributed by atoms with Crippen LogP contribution in [0.15, 0.2) is 6.20 Å². The van der Waals surface area contributed by atoms with E-state index in [1.54, 1.807) is 7.11 Å². The summed E-state index contributed by atoms with van der Waals surface area (Å²) < 4.78 is 7.65. The maximum absolute atomic E-state index is 5.52. The fraction of sp³-hybridized carbons (Fsp3) is 0.786. The fourth-order valence-electron chi connectivity index (χ4n) is 2.80. The number of ether oxygens (including phenoxy) is 1. The molecule has 0 radical (unpaired) electrons. The van der Waals surface area contributed by atoms with E-state index in [-0.39, 0.29) is 0 Å². The van der Waals surface area contributed by atoms with Gasteiger partial charge in [0.05, 0.1) is 25.5 Å². The van der Waals surface area contributed by atoms with Gasteiger partial charge in [0.15, 0.2) is 5.75 Å². The third kappa shape index (κ3) is 3.28. The van der Waals surface area contributed by atoms with E-state index in [2.05, 4.69) is 41.0 Å². The molecule has 19 heavy (non-hydrogen) atoms. The standard InChI is InChI=1S/C14H26N4O/c1-11-9-15-6-5-12(11)14-13(19-4)10-16-18(14)8-7-17(2)3/h10-12,15H,5-9H2,1-4H3. The second-order valence-corrected chi connectivity index (χ2v) is 5.70. The van der Waals surface area contributed by atoms with Gasteiger partial charge in [0, 0.05) is 12.5 Å². The van der Waals surface area contributed by atoms with Crippen molar-refractivity contribution in [2.45, 2.75) is 25.8 Å². The molecule has 2 heterocycles. The smallest absolute Gasteiger partial charge is 0.160 e. The second-order valence-electron chi connectivity index (χ2n) is 5.70. The molecule has 0 aliphatic carbocycles. The lowest BCUT2D eigenvalue weighted by Gasteiger charge is -2.30. The van der Waals surface area contributed by atoms with Gasteiger partial charge in [-0.25, -0.2) is 0 Å². The molecule has 5 nitrogen and oxygen atoms in total. The van der Waals surface area contributed by atoms with Gasteiger partial charge in [-0.1, -0.05) is 6.92 Å². The Labute approximate surface area is 115 Å². The second kappa shape index (κ2) is 6.39. The van der Waals surface area contributed by atoms with Crippen molar-refractivity contribution in [1.82, 2.24) is 20.0 Å². The number of rotatable bonds is 5. The molecule has 1 aromatic rings. The zero-order valence-corrected chi connectivity index (χ0v) is 12.5. The van der Waals surface area contributed by atoms with Gasteiger partial charge in [0.1, 0.15) is 0 Å². The van der Waals surface area contributed by atoms with Crippen molar-refractivity contribution in [3.8, 4) is 5.75 Å². The minimum absolute atomic E-state index is 0.542. The number of methoxy groups -OCH3 is 1. The van der Waals surface area contributed by atoms with Crippen LogP contribution in [0, 0.1) is 5.92 Å². The van der Waals surface area contributed by atoms with Gasteiger partial charge in [-0.05, 0) is 39.5 Å². The number of hydrogen-bond donors (Lipinski definition) is 1. The van der Waals surface area contributed by atoms with Crippen molar-refractivity contribution in [1.29, 1.82) is 0 Å². The summed E-state index contributed by atoms with van der Waals surface area (Å²) in [4.78, 5) is 2.18. The molecule has 2 rings (SSSR count). The highest BCUT2D eigenvalue weighted by Crippen LogP contribution is 2.35. The lowest BCUT2D eigenvalue weighted by atomic mass is 9.85. The highest BCUT2D eigenvalue weighted by Gasteiger charge is 2.29. The van der Waals surface area contributed by atoms with Crippen molar-refractivity contribution in [2.75, 3.05) is 40.8 Å². The van der Waals surface area contributed by atoms with Crippen LogP contribution < -0.4 is 10.1 Å². The summed E-state index contributed by atoms with van der Waals surface area (Å²) in [5, 5.41) is 7.97. The molecule has 0 amide bonds. The Balaban J connectivity index is 2.22. The predicted octanol–water partition coefficient (Wildman–Crippen LogP) is 1.17. The summed E-state index contributed by atoms with van der Waals surface area (Å²) >= 11 is 0. The lowest BCUT2D eigenvalue weighted by molar-refractivity contribution is 0.308. The van der Waals surface area contributed by atoms with Crippen molar-refractivity contribution < 1.29 is 4.74 Å². The average Bonchev–Trinajstić information content (AvgIpc) is 2.79. The summed E-state index contributed by atoms with van der Waals surface area (Å²) in [6, 6.07) is 0. The van der Waals surface area contributed by atoms with E-state index in [1.807, 2.05) is 6.20 Å². The van der Waals surface area contributed by atoms with Crippen LogP contribution in [0.2, 0.25) is 0 Å². The SMILES string of the molecule is COc1cnn(CCN(C)C)c1C1CCNCC1C. The first kappa shape index (κ1) is 14.3. The van der Waals surface area contributed by atoms with Crippen LogP contribution in [0.5, 0.6) is 5.75 Å².